The minimum absolute atomic E-state index is 0.0168. The molecule has 0 bridgehead atoms. The van der Waals surface area contributed by atoms with Crippen molar-refractivity contribution in [3.05, 3.63) is 11.7 Å². The van der Waals surface area contributed by atoms with Crippen molar-refractivity contribution in [1.29, 1.82) is 0 Å². The van der Waals surface area contributed by atoms with Crippen LogP contribution >= 0.6 is 0 Å². The van der Waals surface area contributed by atoms with Gasteiger partial charge in [-0.3, -0.25) is 4.79 Å². The van der Waals surface area contributed by atoms with Crippen molar-refractivity contribution in [2.75, 3.05) is 0 Å². The fourth-order valence-corrected chi connectivity index (χ4v) is 2.77. The fourth-order valence-electron chi connectivity index (χ4n) is 2.77. The second-order valence-corrected chi connectivity index (χ2v) is 5.93. The largest absolute Gasteiger partial charge is 0.343 e. The van der Waals surface area contributed by atoms with Crippen LogP contribution in [0.3, 0.4) is 0 Å². The molecule has 5 nitrogen and oxygen atoms in total. The van der Waals surface area contributed by atoms with E-state index >= 15 is 0 Å². The first-order chi connectivity index (χ1) is 9.57. The van der Waals surface area contributed by atoms with Gasteiger partial charge in [-0.1, -0.05) is 44.7 Å². The molecule has 1 amide bonds. The van der Waals surface area contributed by atoms with E-state index in [0.717, 1.165) is 32.1 Å². The fraction of sp³-hybridized carbons (Fsp3) is 0.800. The summed E-state index contributed by atoms with van der Waals surface area (Å²) < 4.78 is 5.14. The SMILES string of the molecule is CCC(C)C(=O)NC1(c2noc(C)n2)CCCCCC1. The van der Waals surface area contributed by atoms with Crippen LogP contribution < -0.4 is 5.32 Å². The first-order valence-electron chi connectivity index (χ1n) is 7.70. The summed E-state index contributed by atoms with van der Waals surface area (Å²) in [4.78, 5) is 16.7. The number of carbonyl (C=O) groups excluding carboxylic acids is 1. The zero-order valence-electron chi connectivity index (χ0n) is 12.7. The van der Waals surface area contributed by atoms with E-state index in [9.17, 15) is 4.79 Å². The van der Waals surface area contributed by atoms with E-state index < -0.39 is 5.54 Å². The summed E-state index contributed by atoms with van der Waals surface area (Å²) in [5, 5.41) is 7.32. The van der Waals surface area contributed by atoms with Crippen molar-refractivity contribution in [1.82, 2.24) is 15.5 Å². The number of nitrogens with one attached hydrogen (secondary N) is 1. The predicted octanol–water partition coefficient (Wildman–Crippen LogP) is 3.09. The van der Waals surface area contributed by atoms with Crippen molar-refractivity contribution in [2.45, 2.75) is 71.3 Å². The molecule has 0 saturated heterocycles. The second kappa shape index (κ2) is 6.37. The molecule has 1 atom stereocenters. The highest BCUT2D eigenvalue weighted by Gasteiger charge is 2.39. The van der Waals surface area contributed by atoms with Crippen LogP contribution in [0.5, 0.6) is 0 Å². The Morgan fingerprint density at radius 2 is 2.00 bits per heavy atom. The van der Waals surface area contributed by atoms with E-state index in [4.69, 9.17) is 4.52 Å². The first-order valence-corrected chi connectivity index (χ1v) is 7.70. The molecule has 1 unspecified atom stereocenters. The van der Waals surface area contributed by atoms with E-state index in [2.05, 4.69) is 15.5 Å². The van der Waals surface area contributed by atoms with E-state index in [-0.39, 0.29) is 11.8 Å². The lowest BCUT2D eigenvalue weighted by atomic mass is 9.88. The lowest BCUT2D eigenvalue weighted by Gasteiger charge is -2.31. The van der Waals surface area contributed by atoms with Crippen LogP contribution in [0, 0.1) is 12.8 Å². The van der Waals surface area contributed by atoms with E-state index in [1.54, 1.807) is 6.92 Å². The van der Waals surface area contributed by atoms with Gasteiger partial charge in [0.15, 0.2) is 5.82 Å². The van der Waals surface area contributed by atoms with Crippen molar-refractivity contribution in [3.63, 3.8) is 0 Å². The molecule has 1 aromatic heterocycles. The van der Waals surface area contributed by atoms with Crippen molar-refractivity contribution < 1.29 is 9.32 Å². The van der Waals surface area contributed by atoms with Gasteiger partial charge in [0.25, 0.3) is 0 Å². The number of aromatic nitrogens is 2. The van der Waals surface area contributed by atoms with Gasteiger partial charge in [0, 0.05) is 12.8 Å². The Labute approximate surface area is 120 Å². The third kappa shape index (κ3) is 3.19. The average Bonchev–Trinajstić information content (AvgIpc) is 2.74. The van der Waals surface area contributed by atoms with Gasteiger partial charge in [0.2, 0.25) is 11.8 Å². The van der Waals surface area contributed by atoms with Crippen LogP contribution in [0.1, 0.15) is 70.5 Å². The lowest BCUT2D eigenvalue weighted by Crippen LogP contribution is -2.48. The smallest absolute Gasteiger partial charge is 0.223 e. The van der Waals surface area contributed by atoms with Gasteiger partial charge in [-0.05, 0) is 19.3 Å². The number of hydrogen-bond donors (Lipinski definition) is 1. The molecule has 0 aromatic carbocycles. The molecule has 0 spiro atoms. The van der Waals surface area contributed by atoms with Gasteiger partial charge < -0.3 is 9.84 Å². The minimum Gasteiger partial charge on any atom is -0.343 e. The Morgan fingerprint density at radius 1 is 1.35 bits per heavy atom. The lowest BCUT2D eigenvalue weighted by molar-refractivity contribution is -0.127. The molecular weight excluding hydrogens is 254 g/mol. The minimum atomic E-state index is -0.436. The Bertz CT molecular complexity index is 448. The molecule has 0 aliphatic heterocycles. The maximum Gasteiger partial charge on any atom is 0.223 e. The van der Waals surface area contributed by atoms with Gasteiger partial charge in [0.1, 0.15) is 5.54 Å². The van der Waals surface area contributed by atoms with E-state index in [1.807, 2.05) is 13.8 Å². The van der Waals surface area contributed by atoms with Crippen LogP contribution in [-0.4, -0.2) is 16.0 Å². The Hall–Kier alpha value is -1.39. The Kier molecular flexibility index (Phi) is 4.78. The second-order valence-electron chi connectivity index (χ2n) is 5.93. The molecule has 112 valence electrons. The topological polar surface area (TPSA) is 68.0 Å². The van der Waals surface area contributed by atoms with Crippen molar-refractivity contribution in [2.24, 2.45) is 5.92 Å². The summed E-state index contributed by atoms with van der Waals surface area (Å²) in [7, 11) is 0. The molecule has 1 aliphatic rings. The van der Waals surface area contributed by atoms with Gasteiger partial charge in [-0.2, -0.15) is 4.98 Å². The molecule has 5 heteroatoms. The molecule has 1 fully saturated rings. The summed E-state index contributed by atoms with van der Waals surface area (Å²) in [6.07, 6.45) is 7.23. The maximum atomic E-state index is 12.3. The Balaban J connectivity index is 2.26. The molecule has 1 heterocycles. The Morgan fingerprint density at radius 3 is 2.50 bits per heavy atom. The molecule has 20 heavy (non-hydrogen) atoms. The van der Waals surface area contributed by atoms with Crippen molar-refractivity contribution in [3.8, 4) is 0 Å². The highest BCUT2D eigenvalue weighted by molar-refractivity contribution is 5.79. The molecule has 1 aliphatic carbocycles. The van der Waals surface area contributed by atoms with Crippen LogP contribution in [0.25, 0.3) is 0 Å². The van der Waals surface area contributed by atoms with Crippen LogP contribution in [0.2, 0.25) is 0 Å². The van der Waals surface area contributed by atoms with Gasteiger partial charge >= 0.3 is 0 Å². The number of hydrogen-bond acceptors (Lipinski definition) is 4. The van der Waals surface area contributed by atoms with Crippen LogP contribution in [0.15, 0.2) is 4.52 Å². The van der Waals surface area contributed by atoms with Crippen molar-refractivity contribution >= 4 is 5.91 Å². The summed E-state index contributed by atoms with van der Waals surface area (Å²) in [5.41, 5.74) is -0.436. The molecule has 0 radical (unpaired) electrons. The number of nitrogens with zero attached hydrogens (tertiary/aromatic N) is 2. The van der Waals surface area contributed by atoms with Gasteiger partial charge in [-0.25, -0.2) is 0 Å². The number of carbonyl (C=O) groups is 1. The summed E-state index contributed by atoms with van der Waals surface area (Å²) >= 11 is 0. The number of rotatable bonds is 4. The van der Waals surface area contributed by atoms with Gasteiger partial charge in [-0.15, -0.1) is 0 Å². The van der Waals surface area contributed by atoms with Gasteiger partial charge in [0.05, 0.1) is 0 Å². The first kappa shape index (κ1) is 15.0. The standard InChI is InChI=1S/C15H25N3O2/c1-4-11(2)13(19)17-15(9-7-5-6-8-10-15)14-16-12(3)20-18-14/h11H,4-10H2,1-3H3,(H,17,19). The third-order valence-electron chi connectivity index (χ3n) is 4.34. The number of aryl methyl sites for hydroxylation is 1. The predicted molar refractivity (Wildman–Crippen MR) is 76.0 cm³/mol. The molecule has 1 saturated carbocycles. The molecule has 1 aromatic rings. The summed E-state index contributed by atoms with van der Waals surface area (Å²) in [6, 6.07) is 0. The quantitative estimate of drug-likeness (QED) is 0.860. The number of amides is 1. The highest BCUT2D eigenvalue weighted by atomic mass is 16.5. The molecule has 1 N–H and O–H groups in total. The van der Waals surface area contributed by atoms with E-state index in [0.29, 0.717) is 11.7 Å². The zero-order chi connectivity index (χ0) is 14.6. The molecule has 2 rings (SSSR count). The zero-order valence-corrected chi connectivity index (χ0v) is 12.7. The third-order valence-corrected chi connectivity index (χ3v) is 4.34. The average molecular weight is 279 g/mol. The van der Waals surface area contributed by atoms with E-state index in [1.165, 1.54) is 12.8 Å². The molecular formula is C15H25N3O2. The van der Waals surface area contributed by atoms with Crippen LogP contribution in [0.4, 0.5) is 0 Å². The maximum absolute atomic E-state index is 12.3. The highest BCUT2D eigenvalue weighted by Crippen LogP contribution is 2.35. The van der Waals surface area contributed by atoms with Crippen LogP contribution in [-0.2, 0) is 10.3 Å². The summed E-state index contributed by atoms with van der Waals surface area (Å²) in [5.74, 6) is 1.31. The monoisotopic (exact) mass is 279 g/mol. The normalized spacial score (nSPS) is 20.1. The summed E-state index contributed by atoms with van der Waals surface area (Å²) in [6.45, 7) is 5.78.